The summed E-state index contributed by atoms with van der Waals surface area (Å²) in [5, 5.41) is 14.8. The van der Waals surface area contributed by atoms with Crippen LogP contribution in [-0.2, 0) is 9.59 Å². The number of nitrogens with one attached hydrogen (secondary N) is 2. The molecule has 1 aliphatic carbocycles. The number of rotatable bonds is 8. The molecular formula is C18H24N4O3. The summed E-state index contributed by atoms with van der Waals surface area (Å²) in [4.78, 5) is 25.8. The molecule has 0 spiro atoms. The van der Waals surface area contributed by atoms with Gasteiger partial charge in [-0.3, -0.25) is 14.5 Å². The number of carbonyl (C=O) groups is 2. The quantitative estimate of drug-likeness (QED) is 0.743. The first kappa shape index (κ1) is 18.7. The second-order valence-electron chi connectivity index (χ2n) is 6.59. The number of amides is 2. The molecule has 1 aromatic carbocycles. The highest BCUT2D eigenvalue weighted by Crippen LogP contribution is 2.39. The van der Waals surface area contributed by atoms with Gasteiger partial charge in [0.1, 0.15) is 11.3 Å². The Morgan fingerprint density at radius 1 is 1.28 bits per heavy atom. The van der Waals surface area contributed by atoms with Crippen LogP contribution in [0.5, 0.6) is 5.75 Å². The van der Waals surface area contributed by atoms with E-state index in [1.807, 2.05) is 0 Å². The highest BCUT2D eigenvalue weighted by Gasteiger charge is 2.43. The zero-order valence-electron chi connectivity index (χ0n) is 14.8. The van der Waals surface area contributed by atoms with Gasteiger partial charge in [0.05, 0.1) is 26.3 Å². The van der Waals surface area contributed by atoms with Gasteiger partial charge >= 0.3 is 0 Å². The van der Waals surface area contributed by atoms with Crippen molar-refractivity contribution in [3.63, 3.8) is 0 Å². The van der Waals surface area contributed by atoms with E-state index in [1.165, 1.54) is 0 Å². The van der Waals surface area contributed by atoms with E-state index in [0.29, 0.717) is 11.4 Å². The Balaban J connectivity index is 1.78. The van der Waals surface area contributed by atoms with Gasteiger partial charge in [-0.2, -0.15) is 5.26 Å². The van der Waals surface area contributed by atoms with Gasteiger partial charge < -0.3 is 15.4 Å². The minimum absolute atomic E-state index is 0.0556. The molecule has 0 unspecified atom stereocenters. The fourth-order valence-electron chi connectivity index (χ4n) is 2.63. The third-order valence-electron chi connectivity index (χ3n) is 4.23. The minimum atomic E-state index is -0.816. The normalized spacial score (nSPS) is 15.8. The number of likely N-dealkylation sites (N-methyl/N-ethyl adjacent to an activating group) is 1. The Bertz CT molecular complexity index is 664. The Hall–Kier alpha value is -2.59. The molecule has 2 rings (SSSR count). The number of methoxy groups -OCH3 is 1. The van der Waals surface area contributed by atoms with Crippen LogP contribution in [0.1, 0.15) is 19.8 Å². The van der Waals surface area contributed by atoms with Gasteiger partial charge in [-0.05, 0) is 57.0 Å². The molecule has 0 saturated heterocycles. The average molecular weight is 344 g/mol. The van der Waals surface area contributed by atoms with E-state index in [9.17, 15) is 14.9 Å². The molecule has 7 heteroatoms. The van der Waals surface area contributed by atoms with E-state index in [-0.39, 0.29) is 30.8 Å². The van der Waals surface area contributed by atoms with E-state index in [1.54, 1.807) is 50.2 Å². The lowest BCUT2D eigenvalue weighted by molar-refractivity contribution is -0.124. The first-order valence-electron chi connectivity index (χ1n) is 8.21. The molecule has 0 heterocycles. The molecule has 1 aliphatic rings. The number of nitriles is 1. The van der Waals surface area contributed by atoms with Crippen LogP contribution < -0.4 is 15.4 Å². The Labute approximate surface area is 147 Å². The van der Waals surface area contributed by atoms with E-state index in [2.05, 4.69) is 16.7 Å². The molecule has 1 saturated carbocycles. The lowest BCUT2D eigenvalue weighted by atomic mass is 9.98. The van der Waals surface area contributed by atoms with E-state index < -0.39 is 5.54 Å². The summed E-state index contributed by atoms with van der Waals surface area (Å²) in [7, 11) is 3.27. The summed E-state index contributed by atoms with van der Waals surface area (Å²) >= 11 is 0. The maximum atomic E-state index is 12.1. The van der Waals surface area contributed by atoms with Crippen LogP contribution in [0.25, 0.3) is 0 Å². The number of benzene rings is 1. The number of anilines is 1. The van der Waals surface area contributed by atoms with Crippen molar-refractivity contribution in [2.24, 2.45) is 5.92 Å². The summed E-state index contributed by atoms with van der Waals surface area (Å²) in [6.45, 7) is 1.88. The van der Waals surface area contributed by atoms with Crippen LogP contribution in [0, 0.1) is 17.2 Å². The zero-order chi connectivity index (χ0) is 18.4. The van der Waals surface area contributed by atoms with E-state index in [4.69, 9.17) is 4.74 Å². The third-order valence-corrected chi connectivity index (χ3v) is 4.23. The van der Waals surface area contributed by atoms with Crippen LogP contribution in [-0.4, -0.2) is 49.5 Å². The Kier molecular flexibility index (Phi) is 5.99. The summed E-state index contributed by atoms with van der Waals surface area (Å²) in [5.74, 6) is 0.467. The summed E-state index contributed by atoms with van der Waals surface area (Å²) < 4.78 is 5.06. The van der Waals surface area contributed by atoms with Gasteiger partial charge in [0.2, 0.25) is 11.8 Å². The summed E-state index contributed by atoms with van der Waals surface area (Å²) in [6.07, 6.45) is 1.93. The summed E-state index contributed by atoms with van der Waals surface area (Å²) in [5.41, 5.74) is -0.155. The van der Waals surface area contributed by atoms with E-state index in [0.717, 1.165) is 12.8 Å². The molecular weight excluding hydrogens is 320 g/mol. The highest BCUT2D eigenvalue weighted by atomic mass is 16.5. The predicted molar refractivity (Wildman–Crippen MR) is 94.0 cm³/mol. The molecule has 1 aromatic rings. The fraction of sp³-hybridized carbons (Fsp3) is 0.500. The van der Waals surface area contributed by atoms with Gasteiger partial charge in [0.15, 0.2) is 0 Å². The van der Waals surface area contributed by atoms with Gasteiger partial charge in [0, 0.05) is 5.69 Å². The molecule has 2 amide bonds. The predicted octanol–water partition coefficient (Wildman–Crippen LogP) is 1.37. The molecule has 25 heavy (non-hydrogen) atoms. The number of carbonyl (C=O) groups excluding carboxylic acids is 2. The van der Waals surface area contributed by atoms with Gasteiger partial charge in [-0.1, -0.05) is 0 Å². The van der Waals surface area contributed by atoms with Crippen molar-refractivity contribution in [3.05, 3.63) is 24.3 Å². The Morgan fingerprint density at radius 3 is 2.40 bits per heavy atom. The van der Waals surface area contributed by atoms with Gasteiger partial charge in [0.25, 0.3) is 0 Å². The van der Waals surface area contributed by atoms with Crippen molar-refractivity contribution in [1.82, 2.24) is 10.2 Å². The molecule has 0 radical (unpaired) electrons. The lowest BCUT2D eigenvalue weighted by Crippen LogP contribution is -2.50. The fourth-order valence-corrected chi connectivity index (χ4v) is 2.63. The smallest absolute Gasteiger partial charge is 0.238 e. The second kappa shape index (κ2) is 7.99. The van der Waals surface area contributed by atoms with Crippen molar-refractivity contribution in [3.8, 4) is 11.8 Å². The molecule has 1 atom stereocenters. The largest absolute Gasteiger partial charge is 0.497 e. The van der Waals surface area contributed by atoms with Crippen molar-refractivity contribution in [2.45, 2.75) is 25.3 Å². The first-order chi connectivity index (χ1) is 11.9. The first-order valence-corrected chi connectivity index (χ1v) is 8.21. The SMILES string of the molecule is COc1ccc(NC(=O)CN(C)CC(=O)N[C@@](C)(C#N)C2CC2)cc1. The van der Waals surface area contributed by atoms with Crippen molar-refractivity contribution < 1.29 is 14.3 Å². The monoisotopic (exact) mass is 344 g/mol. The van der Waals surface area contributed by atoms with E-state index >= 15 is 0 Å². The number of nitrogens with zero attached hydrogens (tertiary/aromatic N) is 2. The van der Waals surface area contributed by atoms with Crippen molar-refractivity contribution in [2.75, 3.05) is 32.6 Å². The topological polar surface area (TPSA) is 94.5 Å². The summed E-state index contributed by atoms with van der Waals surface area (Å²) in [6, 6.07) is 9.20. The number of ether oxygens (including phenoxy) is 1. The molecule has 0 bridgehead atoms. The van der Waals surface area contributed by atoms with Crippen LogP contribution >= 0.6 is 0 Å². The van der Waals surface area contributed by atoms with Crippen LogP contribution in [0.4, 0.5) is 5.69 Å². The number of hydrogen-bond donors (Lipinski definition) is 2. The molecule has 134 valence electrons. The van der Waals surface area contributed by atoms with Crippen LogP contribution in [0.3, 0.4) is 0 Å². The van der Waals surface area contributed by atoms with Crippen LogP contribution in [0.15, 0.2) is 24.3 Å². The number of hydrogen-bond acceptors (Lipinski definition) is 5. The average Bonchev–Trinajstić information content (AvgIpc) is 3.40. The van der Waals surface area contributed by atoms with Crippen LogP contribution in [0.2, 0.25) is 0 Å². The third kappa shape index (κ3) is 5.47. The minimum Gasteiger partial charge on any atom is -0.497 e. The molecule has 0 aromatic heterocycles. The van der Waals surface area contributed by atoms with Crippen molar-refractivity contribution >= 4 is 17.5 Å². The maximum absolute atomic E-state index is 12.1. The molecule has 0 aliphatic heterocycles. The lowest BCUT2D eigenvalue weighted by Gasteiger charge is -2.24. The molecule has 2 N–H and O–H groups in total. The van der Waals surface area contributed by atoms with Gasteiger partial charge in [-0.15, -0.1) is 0 Å². The Morgan fingerprint density at radius 2 is 1.88 bits per heavy atom. The second-order valence-corrected chi connectivity index (χ2v) is 6.59. The molecule has 7 nitrogen and oxygen atoms in total. The molecule has 1 fully saturated rings. The maximum Gasteiger partial charge on any atom is 0.238 e. The standard InChI is InChI=1S/C18H24N4O3/c1-18(12-19,13-4-5-13)21-17(24)11-22(2)10-16(23)20-14-6-8-15(25-3)9-7-14/h6-9,13H,4-5,10-11H2,1-3H3,(H,20,23)(H,21,24)/t18-/m0/s1. The van der Waals surface area contributed by atoms with Crippen molar-refractivity contribution in [1.29, 1.82) is 5.26 Å². The highest BCUT2D eigenvalue weighted by molar-refractivity contribution is 5.92. The van der Waals surface area contributed by atoms with Gasteiger partial charge in [-0.25, -0.2) is 0 Å². The zero-order valence-corrected chi connectivity index (χ0v) is 14.8.